The van der Waals surface area contributed by atoms with Gasteiger partial charge in [0, 0.05) is 5.56 Å². The number of hydrogen-bond donors (Lipinski definition) is 0. The van der Waals surface area contributed by atoms with E-state index in [-0.39, 0.29) is 0 Å². The molecule has 0 fully saturated rings. The average Bonchev–Trinajstić information content (AvgIpc) is 2.61. The van der Waals surface area contributed by atoms with E-state index in [1.54, 1.807) is 7.11 Å². The lowest BCUT2D eigenvalue weighted by atomic mass is 10.0. The van der Waals surface area contributed by atoms with Crippen molar-refractivity contribution in [3.63, 3.8) is 0 Å². The van der Waals surface area contributed by atoms with Crippen molar-refractivity contribution in [1.82, 2.24) is 0 Å². The molecule has 0 atom stereocenters. The zero-order valence-electron chi connectivity index (χ0n) is 12.3. The monoisotopic (exact) mass is 288 g/mol. The minimum atomic E-state index is 0.840. The Bertz CT molecular complexity index is 765. The molecule has 3 heteroatoms. The van der Waals surface area contributed by atoms with E-state index in [2.05, 4.69) is 10.2 Å². The Hall–Kier alpha value is -2.94. The van der Waals surface area contributed by atoms with Crippen LogP contribution in [-0.2, 0) is 0 Å². The maximum atomic E-state index is 5.20. The smallest absolute Gasteiger partial charge is 0.118 e. The van der Waals surface area contributed by atoms with Crippen LogP contribution in [0.4, 0.5) is 11.4 Å². The van der Waals surface area contributed by atoms with Crippen molar-refractivity contribution >= 4 is 11.4 Å². The fourth-order valence-electron chi connectivity index (χ4n) is 2.18. The lowest BCUT2D eigenvalue weighted by Crippen LogP contribution is -1.83. The first-order chi connectivity index (χ1) is 10.9. The van der Waals surface area contributed by atoms with E-state index in [1.165, 1.54) is 0 Å². The second-order valence-corrected chi connectivity index (χ2v) is 4.78. The summed E-state index contributed by atoms with van der Waals surface area (Å²) in [6, 6.07) is 25.6. The number of benzene rings is 3. The first-order valence-electron chi connectivity index (χ1n) is 7.07. The van der Waals surface area contributed by atoms with E-state index in [0.29, 0.717) is 0 Å². The van der Waals surface area contributed by atoms with Crippen molar-refractivity contribution in [1.29, 1.82) is 0 Å². The van der Waals surface area contributed by atoms with Crippen LogP contribution in [0.1, 0.15) is 0 Å². The Kier molecular flexibility index (Phi) is 4.25. The lowest BCUT2D eigenvalue weighted by Gasteiger charge is -2.06. The molecule has 3 nitrogen and oxygen atoms in total. The molecule has 0 radical (unpaired) electrons. The van der Waals surface area contributed by atoms with Gasteiger partial charge in [-0.25, -0.2) is 0 Å². The molecule has 0 heterocycles. The van der Waals surface area contributed by atoms with E-state index >= 15 is 0 Å². The zero-order chi connectivity index (χ0) is 15.2. The number of hydrogen-bond acceptors (Lipinski definition) is 3. The highest BCUT2D eigenvalue weighted by molar-refractivity contribution is 5.75. The molecule has 0 saturated carbocycles. The molecular formula is C19H16N2O. The van der Waals surface area contributed by atoms with Crippen LogP contribution in [0.5, 0.6) is 5.75 Å². The summed E-state index contributed by atoms with van der Waals surface area (Å²) in [4.78, 5) is 0. The normalized spacial score (nSPS) is 10.8. The molecule has 0 saturated heterocycles. The third-order valence-electron chi connectivity index (χ3n) is 3.33. The molecular weight excluding hydrogens is 272 g/mol. The van der Waals surface area contributed by atoms with E-state index in [4.69, 9.17) is 4.74 Å². The standard InChI is InChI=1S/C19H16N2O/c1-22-17-13-11-15(12-14-17)18-9-5-6-10-19(18)21-20-16-7-3-2-4-8-16/h2-14H,1H3. The van der Waals surface area contributed by atoms with Crippen molar-refractivity contribution in [2.75, 3.05) is 7.11 Å². The Morgan fingerprint density at radius 3 is 2.09 bits per heavy atom. The quantitative estimate of drug-likeness (QED) is 0.560. The SMILES string of the molecule is COc1ccc(-c2ccccc2N=Nc2ccccc2)cc1. The number of nitrogens with zero attached hydrogens (tertiary/aromatic N) is 2. The van der Waals surface area contributed by atoms with Gasteiger partial charge in [0.2, 0.25) is 0 Å². The first-order valence-corrected chi connectivity index (χ1v) is 7.07. The zero-order valence-corrected chi connectivity index (χ0v) is 12.3. The van der Waals surface area contributed by atoms with Gasteiger partial charge in [-0.05, 0) is 35.9 Å². The molecule has 3 aromatic carbocycles. The van der Waals surface area contributed by atoms with Gasteiger partial charge in [-0.15, -0.1) is 5.11 Å². The van der Waals surface area contributed by atoms with Crippen molar-refractivity contribution in [3.8, 4) is 16.9 Å². The predicted molar refractivity (Wildman–Crippen MR) is 89.0 cm³/mol. The molecule has 22 heavy (non-hydrogen) atoms. The molecule has 0 bridgehead atoms. The third kappa shape index (κ3) is 3.20. The second kappa shape index (κ2) is 6.68. The van der Waals surface area contributed by atoms with Crippen LogP contribution < -0.4 is 4.74 Å². The minimum Gasteiger partial charge on any atom is -0.497 e. The van der Waals surface area contributed by atoms with E-state index in [1.807, 2.05) is 78.9 Å². The Morgan fingerprint density at radius 2 is 1.36 bits per heavy atom. The molecule has 0 aliphatic rings. The van der Waals surface area contributed by atoms with Crippen LogP contribution in [-0.4, -0.2) is 7.11 Å². The largest absolute Gasteiger partial charge is 0.497 e. The van der Waals surface area contributed by atoms with Gasteiger partial charge in [0.15, 0.2) is 0 Å². The average molecular weight is 288 g/mol. The maximum Gasteiger partial charge on any atom is 0.118 e. The van der Waals surface area contributed by atoms with E-state index in [0.717, 1.165) is 28.3 Å². The summed E-state index contributed by atoms with van der Waals surface area (Å²) in [5.74, 6) is 0.840. The van der Waals surface area contributed by atoms with Crippen LogP contribution in [0.15, 0.2) is 89.1 Å². The molecule has 0 aliphatic carbocycles. The van der Waals surface area contributed by atoms with Crippen LogP contribution in [0.2, 0.25) is 0 Å². The van der Waals surface area contributed by atoms with Gasteiger partial charge in [0.25, 0.3) is 0 Å². The van der Waals surface area contributed by atoms with Crippen LogP contribution >= 0.6 is 0 Å². The van der Waals surface area contributed by atoms with Crippen molar-refractivity contribution < 1.29 is 4.74 Å². The summed E-state index contributed by atoms with van der Waals surface area (Å²) < 4.78 is 5.20. The maximum absolute atomic E-state index is 5.20. The molecule has 0 aromatic heterocycles. The summed E-state index contributed by atoms with van der Waals surface area (Å²) >= 11 is 0. The summed E-state index contributed by atoms with van der Waals surface area (Å²) in [5, 5.41) is 8.69. The number of rotatable bonds is 4. The van der Waals surface area contributed by atoms with Gasteiger partial charge < -0.3 is 4.74 Å². The first kappa shape index (κ1) is 14.0. The van der Waals surface area contributed by atoms with Crippen molar-refractivity contribution in [2.45, 2.75) is 0 Å². The predicted octanol–water partition coefficient (Wildman–Crippen LogP) is 5.78. The molecule has 0 spiro atoms. The minimum absolute atomic E-state index is 0.840. The van der Waals surface area contributed by atoms with E-state index in [9.17, 15) is 0 Å². The van der Waals surface area contributed by atoms with Gasteiger partial charge in [-0.2, -0.15) is 5.11 Å². The number of azo groups is 1. The van der Waals surface area contributed by atoms with E-state index < -0.39 is 0 Å². The Balaban J connectivity index is 1.94. The Labute approximate surface area is 129 Å². The topological polar surface area (TPSA) is 34.0 Å². The summed E-state index contributed by atoms with van der Waals surface area (Å²) in [7, 11) is 1.66. The second-order valence-electron chi connectivity index (χ2n) is 4.78. The van der Waals surface area contributed by atoms with Crippen molar-refractivity contribution in [3.05, 3.63) is 78.9 Å². The van der Waals surface area contributed by atoms with Gasteiger partial charge >= 0.3 is 0 Å². The van der Waals surface area contributed by atoms with Gasteiger partial charge in [-0.3, -0.25) is 0 Å². The molecule has 0 N–H and O–H groups in total. The highest BCUT2D eigenvalue weighted by atomic mass is 16.5. The third-order valence-corrected chi connectivity index (χ3v) is 3.33. The van der Waals surface area contributed by atoms with Crippen LogP contribution in [0, 0.1) is 0 Å². The molecule has 108 valence electrons. The summed E-state index contributed by atoms with van der Waals surface area (Å²) in [6.45, 7) is 0. The molecule has 0 amide bonds. The van der Waals surface area contributed by atoms with Crippen molar-refractivity contribution in [2.24, 2.45) is 10.2 Å². The van der Waals surface area contributed by atoms with Crippen LogP contribution in [0.3, 0.4) is 0 Å². The Morgan fingerprint density at radius 1 is 0.682 bits per heavy atom. The molecule has 0 unspecified atom stereocenters. The van der Waals surface area contributed by atoms with Crippen LogP contribution in [0.25, 0.3) is 11.1 Å². The highest BCUT2D eigenvalue weighted by Crippen LogP contribution is 2.32. The number of methoxy groups -OCH3 is 1. The summed E-state index contributed by atoms with van der Waals surface area (Å²) in [6.07, 6.45) is 0. The van der Waals surface area contributed by atoms with Gasteiger partial charge in [0.05, 0.1) is 18.5 Å². The molecule has 3 aromatic rings. The fourth-order valence-corrected chi connectivity index (χ4v) is 2.18. The lowest BCUT2D eigenvalue weighted by molar-refractivity contribution is 0.415. The fraction of sp³-hybridized carbons (Fsp3) is 0.0526. The number of ether oxygens (including phenoxy) is 1. The molecule has 0 aliphatic heterocycles. The summed E-state index contributed by atoms with van der Waals surface area (Å²) in [5.41, 5.74) is 3.82. The van der Waals surface area contributed by atoms with Gasteiger partial charge in [0.1, 0.15) is 5.75 Å². The molecule has 3 rings (SSSR count). The highest BCUT2D eigenvalue weighted by Gasteiger charge is 2.04. The van der Waals surface area contributed by atoms with Gasteiger partial charge in [-0.1, -0.05) is 48.5 Å².